The molecule has 0 saturated heterocycles. The van der Waals surface area contributed by atoms with Crippen LogP contribution in [-0.4, -0.2) is 18.8 Å². The van der Waals surface area contributed by atoms with Crippen LogP contribution < -0.4 is 11.5 Å². The summed E-state index contributed by atoms with van der Waals surface area (Å²) in [4.78, 5) is 1.37. The van der Waals surface area contributed by atoms with Crippen LogP contribution in [0.25, 0.3) is 0 Å². The fourth-order valence-corrected chi connectivity index (χ4v) is 3.05. The van der Waals surface area contributed by atoms with Crippen molar-refractivity contribution in [1.29, 1.82) is 0 Å². The zero-order chi connectivity index (χ0) is 14.1. The first-order chi connectivity index (χ1) is 9.24. The molecule has 2 nitrogen and oxygen atoms in total. The van der Waals surface area contributed by atoms with Crippen molar-refractivity contribution in [2.75, 3.05) is 18.8 Å². The Labute approximate surface area is 122 Å². The van der Waals surface area contributed by atoms with Gasteiger partial charge in [-0.25, -0.2) is 0 Å². The summed E-state index contributed by atoms with van der Waals surface area (Å²) in [6.07, 6.45) is 3.47. The van der Waals surface area contributed by atoms with Crippen molar-refractivity contribution in [3.05, 3.63) is 29.8 Å². The van der Waals surface area contributed by atoms with Crippen molar-refractivity contribution in [3.63, 3.8) is 0 Å². The standard InChI is InChI=1S/C16H28N2S/c1-3-9-19-16-7-5-15(6-8-16)14(4-2)10-13(11-17)12-18/h5-8,13-14H,3-4,9-12,17-18H2,1-2H3. The Kier molecular flexibility index (Phi) is 8.19. The zero-order valence-corrected chi connectivity index (χ0v) is 13.1. The maximum absolute atomic E-state index is 5.76. The Bertz CT molecular complexity index is 333. The van der Waals surface area contributed by atoms with E-state index in [0.29, 0.717) is 24.9 Å². The molecule has 0 aliphatic heterocycles. The van der Waals surface area contributed by atoms with Crippen LogP contribution in [0.5, 0.6) is 0 Å². The van der Waals surface area contributed by atoms with Crippen LogP contribution in [0.3, 0.4) is 0 Å². The Morgan fingerprint density at radius 3 is 2.16 bits per heavy atom. The SMILES string of the molecule is CCCSc1ccc(C(CC)CC(CN)CN)cc1. The smallest absolute Gasteiger partial charge is 0.00721 e. The quantitative estimate of drug-likeness (QED) is 0.679. The van der Waals surface area contributed by atoms with Gasteiger partial charge in [-0.2, -0.15) is 0 Å². The predicted octanol–water partition coefficient (Wildman–Crippen LogP) is 3.61. The van der Waals surface area contributed by atoms with E-state index < -0.39 is 0 Å². The summed E-state index contributed by atoms with van der Waals surface area (Å²) < 4.78 is 0. The van der Waals surface area contributed by atoms with E-state index in [1.54, 1.807) is 0 Å². The molecule has 0 aliphatic rings. The van der Waals surface area contributed by atoms with E-state index in [4.69, 9.17) is 11.5 Å². The summed E-state index contributed by atoms with van der Waals surface area (Å²) in [5.74, 6) is 2.22. The summed E-state index contributed by atoms with van der Waals surface area (Å²) in [5.41, 5.74) is 12.9. The van der Waals surface area contributed by atoms with Gasteiger partial charge in [0.05, 0.1) is 0 Å². The molecule has 1 aromatic rings. The average molecular weight is 280 g/mol. The molecular formula is C16H28N2S. The normalized spacial score (nSPS) is 12.9. The van der Waals surface area contributed by atoms with Gasteiger partial charge in [0.15, 0.2) is 0 Å². The van der Waals surface area contributed by atoms with Crippen LogP contribution in [0.2, 0.25) is 0 Å². The molecule has 0 bridgehead atoms. The van der Waals surface area contributed by atoms with Crippen LogP contribution in [0.1, 0.15) is 44.6 Å². The number of hydrogen-bond acceptors (Lipinski definition) is 3. The van der Waals surface area contributed by atoms with Crippen molar-refractivity contribution in [3.8, 4) is 0 Å². The van der Waals surface area contributed by atoms with E-state index in [9.17, 15) is 0 Å². The van der Waals surface area contributed by atoms with Gasteiger partial charge >= 0.3 is 0 Å². The first-order valence-electron chi connectivity index (χ1n) is 7.37. The van der Waals surface area contributed by atoms with Crippen LogP contribution in [0.4, 0.5) is 0 Å². The van der Waals surface area contributed by atoms with Gasteiger partial charge in [0.1, 0.15) is 0 Å². The van der Waals surface area contributed by atoms with Gasteiger partial charge in [0, 0.05) is 4.90 Å². The highest BCUT2D eigenvalue weighted by Gasteiger charge is 2.14. The molecule has 0 saturated carbocycles. The fraction of sp³-hybridized carbons (Fsp3) is 0.625. The lowest BCUT2D eigenvalue weighted by Crippen LogP contribution is -2.25. The largest absolute Gasteiger partial charge is 0.330 e. The van der Waals surface area contributed by atoms with E-state index in [1.165, 1.54) is 22.6 Å². The lowest BCUT2D eigenvalue weighted by Gasteiger charge is -2.21. The molecule has 1 unspecified atom stereocenters. The van der Waals surface area contributed by atoms with Gasteiger partial charge in [-0.05, 0) is 67.6 Å². The van der Waals surface area contributed by atoms with Gasteiger partial charge in [0.25, 0.3) is 0 Å². The first-order valence-corrected chi connectivity index (χ1v) is 8.36. The lowest BCUT2D eigenvalue weighted by atomic mass is 9.87. The second-order valence-corrected chi connectivity index (χ2v) is 6.26. The van der Waals surface area contributed by atoms with Crippen LogP contribution in [-0.2, 0) is 0 Å². The number of rotatable bonds is 9. The molecule has 0 amide bonds. The van der Waals surface area contributed by atoms with E-state index in [2.05, 4.69) is 38.1 Å². The summed E-state index contributed by atoms with van der Waals surface area (Å²) in [6.45, 7) is 5.84. The monoisotopic (exact) mass is 280 g/mol. The first kappa shape index (κ1) is 16.5. The molecule has 0 spiro atoms. The third kappa shape index (κ3) is 5.55. The Morgan fingerprint density at radius 2 is 1.68 bits per heavy atom. The Balaban J connectivity index is 2.65. The molecular weight excluding hydrogens is 252 g/mol. The lowest BCUT2D eigenvalue weighted by molar-refractivity contribution is 0.442. The molecule has 1 atom stereocenters. The third-order valence-corrected chi connectivity index (χ3v) is 4.82. The minimum Gasteiger partial charge on any atom is -0.330 e. The van der Waals surface area contributed by atoms with Gasteiger partial charge in [-0.1, -0.05) is 26.0 Å². The van der Waals surface area contributed by atoms with Crippen molar-refractivity contribution in [1.82, 2.24) is 0 Å². The van der Waals surface area contributed by atoms with E-state index in [0.717, 1.165) is 12.8 Å². The molecule has 1 aromatic carbocycles. The molecule has 19 heavy (non-hydrogen) atoms. The fourth-order valence-electron chi connectivity index (χ4n) is 2.29. The van der Waals surface area contributed by atoms with E-state index in [1.807, 2.05) is 11.8 Å². The average Bonchev–Trinajstić information content (AvgIpc) is 2.47. The molecule has 0 heterocycles. The summed E-state index contributed by atoms with van der Waals surface area (Å²) in [6, 6.07) is 9.04. The summed E-state index contributed by atoms with van der Waals surface area (Å²) in [5, 5.41) is 0. The molecule has 0 aliphatic carbocycles. The van der Waals surface area contributed by atoms with E-state index in [-0.39, 0.29) is 0 Å². The van der Waals surface area contributed by atoms with E-state index >= 15 is 0 Å². The highest BCUT2D eigenvalue weighted by Crippen LogP contribution is 2.28. The summed E-state index contributed by atoms with van der Waals surface area (Å²) in [7, 11) is 0. The van der Waals surface area contributed by atoms with Crippen LogP contribution in [0.15, 0.2) is 29.2 Å². The third-order valence-electron chi connectivity index (χ3n) is 3.60. The highest BCUT2D eigenvalue weighted by molar-refractivity contribution is 7.99. The maximum atomic E-state index is 5.76. The molecule has 0 aromatic heterocycles. The number of benzene rings is 1. The molecule has 0 fully saturated rings. The van der Waals surface area contributed by atoms with Crippen molar-refractivity contribution < 1.29 is 0 Å². The Morgan fingerprint density at radius 1 is 1.05 bits per heavy atom. The molecule has 0 radical (unpaired) electrons. The molecule has 108 valence electrons. The van der Waals surface area contributed by atoms with Crippen LogP contribution >= 0.6 is 11.8 Å². The number of hydrogen-bond donors (Lipinski definition) is 2. The minimum absolute atomic E-state index is 0.444. The second kappa shape index (κ2) is 9.40. The van der Waals surface area contributed by atoms with Crippen LogP contribution in [0, 0.1) is 5.92 Å². The second-order valence-electron chi connectivity index (χ2n) is 5.10. The maximum Gasteiger partial charge on any atom is 0.00721 e. The van der Waals surface area contributed by atoms with Crippen molar-refractivity contribution in [2.24, 2.45) is 17.4 Å². The molecule has 1 rings (SSSR count). The topological polar surface area (TPSA) is 52.0 Å². The number of thioether (sulfide) groups is 1. The zero-order valence-electron chi connectivity index (χ0n) is 12.3. The minimum atomic E-state index is 0.444. The van der Waals surface area contributed by atoms with Gasteiger partial charge in [-0.15, -0.1) is 11.8 Å². The highest BCUT2D eigenvalue weighted by atomic mass is 32.2. The predicted molar refractivity (Wildman–Crippen MR) is 86.7 cm³/mol. The van der Waals surface area contributed by atoms with Crippen molar-refractivity contribution >= 4 is 11.8 Å². The molecule has 3 heteroatoms. The van der Waals surface area contributed by atoms with Gasteiger partial charge in [0.2, 0.25) is 0 Å². The summed E-state index contributed by atoms with van der Waals surface area (Å²) >= 11 is 1.93. The Hall–Kier alpha value is -0.510. The van der Waals surface area contributed by atoms with Gasteiger partial charge in [-0.3, -0.25) is 0 Å². The van der Waals surface area contributed by atoms with Gasteiger partial charge < -0.3 is 11.5 Å². The van der Waals surface area contributed by atoms with Crippen molar-refractivity contribution in [2.45, 2.75) is 43.9 Å². The number of nitrogens with two attached hydrogens (primary N) is 2. The molecule has 4 N–H and O–H groups in total.